The van der Waals surface area contributed by atoms with Crippen LogP contribution in [0.5, 0.6) is 5.75 Å². The number of carbonyl (C=O) groups excluding carboxylic acids is 2. The number of methoxy groups -OCH3 is 1. The summed E-state index contributed by atoms with van der Waals surface area (Å²) < 4.78 is 10.4. The van der Waals surface area contributed by atoms with Gasteiger partial charge in [-0.15, -0.1) is 0 Å². The molecule has 2 aromatic rings. The molecule has 0 aliphatic carbocycles. The number of aromatic nitrogens is 1. The fraction of sp³-hybridized carbons (Fsp3) is 0.545. The van der Waals surface area contributed by atoms with Crippen molar-refractivity contribution in [2.45, 2.75) is 65.2 Å². The van der Waals surface area contributed by atoms with Crippen molar-refractivity contribution < 1.29 is 19.1 Å². The number of rotatable bonds is 12. The van der Waals surface area contributed by atoms with Gasteiger partial charge in [-0.2, -0.15) is 0 Å². The molecule has 0 saturated heterocycles. The maximum atomic E-state index is 12.5. The predicted molar refractivity (Wildman–Crippen MR) is 112 cm³/mol. The van der Waals surface area contributed by atoms with E-state index in [-0.39, 0.29) is 18.2 Å². The lowest BCUT2D eigenvalue weighted by Gasteiger charge is -2.08. The maximum Gasteiger partial charge on any atom is 0.356 e. The van der Waals surface area contributed by atoms with Gasteiger partial charge in [0, 0.05) is 17.3 Å². The van der Waals surface area contributed by atoms with Gasteiger partial charge >= 0.3 is 5.97 Å². The fourth-order valence-corrected chi connectivity index (χ4v) is 3.23. The lowest BCUT2D eigenvalue weighted by Crippen LogP contribution is -2.15. The van der Waals surface area contributed by atoms with Crippen molar-refractivity contribution in [2.24, 2.45) is 0 Å². The van der Waals surface area contributed by atoms with Crippen LogP contribution in [0.3, 0.4) is 0 Å². The molecule has 0 spiro atoms. The number of aromatic amines is 1. The lowest BCUT2D eigenvalue weighted by molar-refractivity contribution is -0.116. The highest BCUT2D eigenvalue weighted by Crippen LogP contribution is 2.31. The number of anilines is 1. The molecule has 0 aliphatic rings. The van der Waals surface area contributed by atoms with Gasteiger partial charge in [-0.1, -0.05) is 45.4 Å². The van der Waals surface area contributed by atoms with Crippen molar-refractivity contribution in [1.82, 2.24) is 4.98 Å². The predicted octanol–water partition coefficient (Wildman–Crippen LogP) is 5.43. The largest absolute Gasteiger partial charge is 0.497 e. The van der Waals surface area contributed by atoms with Gasteiger partial charge in [-0.25, -0.2) is 4.79 Å². The van der Waals surface area contributed by atoms with Gasteiger partial charge in [-0.05, 0) is 31.5 Å². The van der Waals surface area contributed by atoms with Crippen LogP contribution < -0.4 is 10.1 Å². The summed E-state index contributed by atoms with van der Waals surface area (Å²) in [4.78, 5) is 27.8. The molecule has 0 atom stereocenters. The molecule has 0 saturated carbocycles. The van der Waals surface area contributed by atoms with E-state index in [0.717, 1.165) is 30.2 Å². The van der Waals surface area contributed by atoms with Gasteiger partial charge in [0.15, 0.2) is 0 Å². The van der Waals surface area contributed by atoms with Crippen LogP contribution in [0.25, 0.3) is 10.9 Å². The van der Waals surface area contributed by atoms with Gasteiger partial charge in [0.2, 0.25) is 5.91 Å². The smallest absolute Gasteiger partial charge is 0.356 e. The SMILES string of the molecule is CCCCCCCCCC(=O)Nc1c(C(=O)OCC)[nH]c2ccc(OC)cc12. The molecule has 1 aromatic carbocycles. The fourth-order valence-electron chi connectivity index (χ4n) is 3.23. The Morgan fingerprint density at radius 3 is 2.43 bits per heavy atom. The number of carbonyl (C=O) groups is 2. The van der Waals surface area contributed by atoms with Crippen molar-refractivity contribution in [3.63, 3.8) is 0 Å². The molecule has 0 fully saturated rings. The number of hydrogen-bond acceptors (Lipinski definition) is 4. The van der Waals surface area contributed by atoms with Crippen LogP contribution in [-0.2, 0) is 9.53 Å². The quantitative estimate of drug-likeness (QED) is 0.375. The van der Waals surface area contributed by atoms with Crippen LogP contribution in [-0.4, -0.2) is 30.6 Å². The number of benzene rings is 1. The van der Waals surface area contributed by atoms with Crippen molar-refractivity contribution in [3.8, 4) is 5.75 Å². The summed E-state index contributed by atoms with van der Waals surface area (Å²) in [7, 11) is 1.58. The van der Waals surface area contributed by atoms with Crippen molar-refractivity contribution in [3.05, 3.63) is 23.9 Å². The molecule has 154 valence electrons. The van der Waals surface area contributed by atoms with E-state index in [1.54, 1.807) is 26.2 Å². The second-order valence-corrected chi connectivity index (χ2v) is 6.93. The van der Waals surface area contributed by atoms with Crippen LogP contribution in [0, 0.1) is 0 Å². The first-order chi connectivity index (χ1) is 13.6. The molecule has 6 nitrogen and oxygen atoms in total. The van der Waals surface area contributed by atoms with E-state index >= 15 is 0 Å². The van der Waals surface area contributed by atoms with Crippen molar-refractivity contribution in [2.75, 3.05) is 19.0 Å². The minimum Gasteiger partial charge on any atom is -0.497 e. The molecule has 28 heavy (non-hydrogen) atoms. The molecule has 1 heterocycles. The molecule has 6 heteroatoms. The first-order valence-corrected chi connectivity index (χ1v) is 10.3. The Morgan fingerprint density at radius 2 is 1.75 bits per heavy atom. The first kappa shape index (κ1) is 21.8. The zero-order valence-corrected chi connectivity index (χ0v) is 17.2. The van der Waals surface area contributed by atoms with Crippen molar-refractivity contribution >= 4 is 28.5 Å². The molecule has 0 aliphatic heterocycles. The van der Waals surface area contributed by atoms with E-state index in [0.29, 0.717) is 17.9 Å². The number of fused-ring (bicyclic) bond motifs is 1. The van der Waals surface area contributed by atoms with Gasteiger partial charge in [0.25, 0.3) is 0 Å². The lowest BCUT2D eigenvalue weighted by atomic mass is 10.1. The molecule has 2 rings (SSSR count). The molecular weight excluding hydrogens is 356 g/mol. The first-order valence-electron chi connectivity index (χ1n) is 10.3. The molecule has 1 amide bonds. The summed E-state index contributed by atoms with van der Waals surface area (Å²) >= 11 is 0. The number of ether oxygens (including phenoxy) is 2. The molecule has 0 radical (unpaired) electrons. The van der Waals surface area contributed by atoms with Crippen LogP contribution in [0.2, 0.25) is 0 Å². The highest BCUT2D eigenvalue weighted by atomic mass is 16.5. The van der Waals surface area contributed by atoms with Crippen LogP contribution in [0.1, 0.15) is 75.7 Å². The molecule has 1 aromatic heterocycles. The summed E-state index contributed by atoms with van der Waals surface area (Å²) in [6.07, 6.45) is 8.50. The van der Waals surface area contributed by atoms with E-state index in [4.69, 9.17) is 9.47 Å². The Balaban J connectivity index is 2.05. The summed E-state index contributed by atoms with van der Waals surface area (Å²) in [6.45, 7) is 4.22. The summed E-state index contributed by atoms with van der Waals surface area (Å²) in [6, 6.07) is 5.43. The van der Waals surface area contributed by atoms with Crippen molar-refractivity contribution in [1.29, 1.82) is 0 Å². The summed E-state index contributed by atoms with van der Waals surface area (Å²) in [5.74, 6) is 0.0798. The Morgan fingerprint density at radius 1 is 1.04 bits per heavy atom. The van der Waals surface area contributed by atoms with Gasteiger partial charge in [0.1, 0.15) is 11.4 Å². The summed E-state index contributed by atoms with van der Waals surface area (Å²) in [5, 5.41) is 3.64. The minimum absolute atomic E-state index is 0.0946. The second-order valence-electron chi connectivity index (χ2n) is 6.93. The minimum atomic E-state index is -0.483. The Labute approximate surface area is 167 Å². The van der Waals surface area contributed by atoms with E-state index in [9.17, 15) is 9.59 Å². The Kier molecular flexibility index (Phi) is 8.85. The number of amides is 1. The number of nitrogens with one attached hydrogen (secondary N) is 2. The highest BCUT2D eigenvalue weighted by molar-refractivity contribution is 6.11. The average molecular weight is 389 g/mol. The average Bonchev–Trinajstić information content (AvgIpc) is 3.05. The topological polar surface area (TPSA) is 80.4 Å². The Bertz CT molecular complexity index is 782. The number of H-pyrrole nitrogens is 1. The van der Waals surface area contributed by atoms with Crippen LogP contribution >= 0.6 is 0 Å². The normalized spacial score (nSPS) is 10.8. The van der Waals surface area contributed by atoms with E-state index in [2.05, 4.69) is 17.2 Å². The van der Waals surface area contributed by atoms with Crippen LogP contribution in [0.4, 0.5) is 5.69 Å². The Hall–Kier alpha value is -2.50. The molecule has 2 N–H and O–H groups in total. The van der Waals surface area contributed by atoms with E-state index < -0.39 is 5.97 Å². The molecule has 0 unspecified atom stereocenters. The third-order valence-electron chi connectivity index (χ3n) is 4.76. The van der Waals surface area contributed by atoms with Gasteiger partial charge in [0.05, 0.1) is 19.4 Å². The van der Waals surface area contributed by atoms with Crippen LogP contribution in [0.15, 0.2) is 18.2 Å². The third-order valence-corrected chi connectivity index (χ3v) is 4.76. The third kappa shape index (κ3) is 6.01. The number of hydrogen-bond donors (Lipinski definition) is 2. The maximum absolute atomic E-state index is 12.5. The number of esters is 1. The van der Waals surface area contributed by atoms with Gasteiger partial charge < -0.3 is 19.8 Å². The highest BCUT2D eigenvalue weighted by Gasteiger charge is 2.21. The second kappa shape index (κ2) is 11.4. The van der Waals surface area contributed by atoms with E-state index in [1.807, 2.05) is 6.07 Å². The molecule has 0 bridgehead atoms. The van der Waals surface area contributed by atoms with E-state index in [1.165, 1.54) is 25.7 Å². The van der Waals surface area contributed by atoms with Gasteiger partial charge in [-0.3, -0.25) is 4.79 Å². The monoisotopic (exact) mass is 388 g/mol. The standard InChI is InChI=1S/C22H32N2O4/c1-4-6-7-8-9-10-11-12-19(25)24-20-17-15-16(27-3)13-14-18(17)23-21(20)22(26)28-5-2/h13-15,23H,4-12H2,1-3H3,(H,24,25). The zero-order chi connectivity index (χ0) is 20.4. The number of unbranched alkanes of at least 4 members (excludes halogenated alkanes) is 6. The zero-order valence-electron chi connectivity index (χ0n) is 17.2. The summed E-state index contributed by atoms with van der Waals surface area (Å²) in [5.41, 5.74) is 1.47. The molecular formula is C22H32N2O4.